The van der Waals surface area contributed by atoms with Crippen LogP contribution in [-0.4, -0.2) is 140 Å². The summed E-state index contributed by atoms with van der Waals surface area (Å²) in [6, 6.07) is -2.28. The van der Waals surface area contributed by atoms with Crippen LogP contribution in [0.15, 0.2) is 36.6 Å². The summed E-state index contributed by atoms with van der Waals surface area (Å²) in [5.74, 6) is -5.83. The number of rotatable bonds is 25. The van der Waals surface area contributed by atoms with Crippen LogP contribution in [0.2, 0.25) is 0 Å². The first-order valence-corrected chi connectivity index (χ1v) is 18.2. The average molecular weight is 804 g/mol. The highest BCUT2D eigenvalue weighted by molar-refractivity contribution is 6.18. The van der Waals surface area contributed by atoms with Crippen LogP contribution in [0.4, 0.5) is 9.59 Å². The van der Waals surface area contributed by atoms with Crippen molar-refractivity contribution in [1.29, 1.82) is 0 Å². The van der Waals surface area contributed by atoms with Crippen LogP contribution in [-0.2, 0) is 52.6 Å². The molecule has 312 valence electrons. The lowest BCUT2D eigenvalue weighted by Gasteiger charge is -2.23. The van der Waals surface area contributed by atoms with E-state index in [1.54, 1.807) is 13.8 Å². The fourth-order valence-electron chi connectivity index (χ4n) is 5.10. The van der Waals surface area contributed by atoms with Crippen molar-refractivity contribution in [1.82, 2.24) is 47.0 Å². The Bertz CT molecular complexity index is 1590. The lowest BCUT2D eigenvalue weighted by molar-refractivity contribution is -0.138. The summed E-state index contributed by atoms with van der Waals surface area (Å²) in [5, 5.41) is 17.7. The number of hydrogen-bond acceptors (Lipinski definition) is 13. The van der Waals surface area contributed by atoms with E-state index < -0.39 is 96.0 Å². The molecular formula is C35H49N9O13. The van der Waals surface area contributed by atoms with Crippen molar-refractivity contribution in [3.63, 3.8) is 0 Å². The highest BCUT2D eigenvalue weighted by Crippen LogP contribution is 2.11. The Morgan fingerprint density at radius 1 is 0.632 bits per heavy atom. The van der Waals surface area contributed by atoms with Crippen molar-refractivity contribution in [2.45, 2.75) is 64.5 Å². The summed E-state index contributed by atoms with van der Waals surface area (Å²) in [5.41, 5.74) is -0.413. The molecule has 2 atom stereocenters. The minimum absolute atomic E-state index is 0.0165. The first-order chi connectivity index (χ1) is 27.2. The highest BCUT2D eigenvalue weighted by Gasteiger charge is 2.30. The molecule has 2 aliphatic heterocycles. The average Bonchev–Trinajstić information content (AvgIpc) is 3.67. The smallest absolute Gasteiger partial charge is 0.407 e. The van der Waals surface area contributed by atoms with Crippen molar-refractivity contribution >= 4 is 65.4 Å². The zero-order chi connectivity index (χ0) is 42.3. The van der Waals surface area contributed by atoms with Gasteiger partial charge in [0, 0.05) is 88.9 Å². The summed E-state index contributed by atoms with van der Waals surface area (Å²) in [6.07, 6.45) is 2.52. The molecule has 0 bridgehead atoms. The second kappa shape index (κ2) is 24.7. The molecule has 2 aliphatic rings. The first-order valence-electron chi connectivity index (χ1n) is 18.2. The van der Waals surface area contributed by atoms with Crippen LogP contribution in [0.25, 0.3) is 0 Å². The normalized spacial score (nSPS) is 14.1. The van der Waals surface area contributed by atoms with E-state index >= 15 is 0 Å². The molecule has 0 aromatic carbocycles. The molecule has 2 heterocycles. The number of carbonyl (C=O) groups is 11. The van der Waals surface area contributed by atoms with Crippen LogP contribution in [0.3, 0.4) is 0 Å². The number of carbonyl (C=O) groups excluding carboxylic acids is 11. The Balaban J connectivity index is 1.98. The van der Waals surface area contributed by atoms with E-state index in [4.69, 9.17) is 9.47 Å². The minimum Gasteiger partial charge on any atom is -0.450 e. The Kier molecular flexibility index (Phi) is 20.2. The topological polar surface area (TPSA) is 297 Å². The van der Waals surface area contributed by atoms with Gasteiger partial charge >= 0.3 is 12.2 Å². The fourth-order valence-corrected chi connectivity index (χ4v) is 5.10. The Morgan fingerprint density at radius 3 is 1.70 bits per heavy atom. The standard InChI is InChI=1S/C35H49N9O13/c1-4-56-34(54)40-14-7-6-8-24(42-35(55)57-5-2)33(53)41-23(20-26(46)37-16-15-36-25(45)13-19-43-28(48)9-10-29(43)49)21-27(47)38-17-18-39-32(52)22(3)44-30(50)11-12-31(44)51/h9-12,23-24H,3-8,13-21H2,1-2H3,(H,36,45)(H,37,46)(H,38,47)(H,39,52)(H,40,54)(H,41,53)(H,42,55). The molecule has 0 radical (unpaired) electrons. The van der Waals surface area contributed by atoms with E-state index in [1.165, 1.54) is 0 Å². The SMILES string of the molecule is C=C(C(=O)NCCNC(=O)CC(CC(=O)NCCNC(=O)CCN1C(=O)C=CC1=O)NC(=O)C(CCCCNC(=O)OCC)NC(=O)OCC)N1C(=O)C=CC1=O. The lowest BCUT2D eigenvalue weighted by Crippen LogP contribution is -2.51. The summed E-state index contributed by atoms with van der Waals surface area (Å²) in [6.45, 7) is 6.64. The van der Waals surface area contributed by atoms with Gasteiger partial charge in [-0.1, -0.05) is 6.58 Å². The molecule has 0 fully saturated rings. The maximum absolute atomic E-state index is 13.5. The zero-order valence-corrected chi connectivity index (χ0v) is 31.8. The monoisotopic (exact) mass is 803 g/mol. The number of nitrogens with zero attached hydrogens (tertiary/aromatic N) is 2. The second-order valence-electron chi connectivity index (χ2n) is 12.2. The van der Waals surface area contributed by atoms with Crippen LogP contribution in [0.1, 0.15) is 52.4 Å². The Hall–Kier alpha value is -6.61. The van der Waals surface area contributed by atoms with Crippen LogP contribution >= 0.6 is 0 Å². The third-order valence-electron chi connectivity index (χ3n) is 7.86. The first kappa shape index (κ1) is 46.5. The van der Waals surface area contributed by atoms with Crippen molar-refractivity contribution < 1.29 is 62.2 Å². The number of nitrogens with one attached hydrogen (secondary N) is 7. The van der Waals surface area contributed by atoms with Gasteiger partial charge < -0.3 is 46.7 Å². The molecule has 0 saturated heterocycles. The quantitative estimate of drug-likeness (QED) is 0.0286. The molecule has 11 amide bonds. The van der Waals surface area contributed by atoms with Crippen molar-refractivity contribution in [2.75, 3.05) is 52.5 Å². The van der Waals surface area contributed by atoms with E-state index in [2.05, 4.69) is 43.8 Å². The predicted molar refractivity (Wildman–Crippen MR) is 197 cm³/mol. The Morgan fingerprint density at radius 2 is 1.14 bits per heavy atom. The van der Waals surface area contributed by atoms with Crippen LogP contribution in [0.5, 0.6) is 0 Å². The summed E-state index contributed by atoms with van der Waals surface area (Å²) in [4.78, 5) is 136. The molecule has 0 saturated carbocycles. The van der Waals surface area contributed by atoms with Gasteiger partial charge in [-0.25, -0.2) is 14.5 Å². The maximum atomic E-state index is 13.5. The van der Waals surface area contributed by atoms with Crippen molar-refractivity contribution in [3.05, 3.63) is 36.6 Å². The van der Waals surface area contributed by atoms with Crippen molar-refractivity contribution in [2.24, 2.45) is 0 Å². The highest BCUT2D eigenvalue weighted by atomic mass is 16.6. The molecule has 2 unspecified atom stereocenters. The number of imide groups is 2. The maximum Gasteiger partial charge on any atom is 0.407 e. The van der Waals surface area contributed by atoms with E-state index in [0.29, 0.717) is 17.7 Å². The molecule has 0 aliphatic carbocycles. The molecule has 2 rings (SSSR count). The number of unbranched alkanes of at least 4 members (excludes halogenated alkanes) is 1. The van der Waals surface area contributed by atoms with Gasteiger partial charge in [0.15, 0.2) is 0 Å². The van der Waals surface area contributed by atoms with Gasteiger partial charge in [-0.3, -0.25) is 48.1 Å². The molecular weight excluding hydrogens is 754 g/mol. The van der Waals surface area contributed by atoms with E-state index in [0.717, 1.165) is 29.2 Å². The Labute approximate surface area is 327 Å². The lowest BCUT2D eigenvalue weighted by atomic mass is 10.1. The minimum atomic E-state index is -1.16. The fraction of sp³-hybridized carbons (Fsp3) is 0.514. The number of ether oxygens (including phenoxy) is 2. The third kappa shape index (κ3) is 17.2. The zero-order valence-electron chi connectivity index (χ0n) is 31.8. The molecule has 22 nitrogen and oxygen atoms in total. The molecule has 0 aromatic rings. The van der Waals surface area contributed by atoms with Crippen molar-refractivity contribution in [3.8, 4) is 0 Å². The molecule has 0 spiro atoms. The van der Waals surface area contributed by atoms with Gasteiger partial charge in [0.25, 0.3) is 29.5 Å². The largest absolute Gasteiger partial charge is 0.450 e. The van der Waals surface area contributed by atoms with Gasteiger partial charge in [0.2, 0.25) is 23.6 Å². The van der Waals surface area contributed by atoms with Gasteiger partial charge in [-0.05, 0) is 33.1 Å². The number of hydrogen-bond donors (Lipinski definition) is 7. The van der Waals surface area contributed by atoms with Crippen LogP contribution < -0.4 is 37.2 Å². The molecule has 0 aromatic heterocycles. The van der Waals surface area contributed by atoms with Gasteiger partial charge in [-0.2, -0.15) is 0 Å². The third-order valence-corrected chi connectivity index (χ3v) is 7.86. The summed E-state index contributed by atoms with van der Waals surface area (Å²) in [7, 11) is 0. The molecule has 22 heteroatoms. The second-order valence-corrected chi connectivity index (χ2v) is 12.2. The van der Waals surface area contributed by atoms with E-state index in [1.807, 2.05) is 0 Å². The van der Waals surface area contributed by atoms with E-state index in [-0.39, 0.29) is 65.3 Å². The summed E-state index contributed by atoms with van der Waals surface area (Å²) >= 11 is 0. The van der Waals surface area contributed by atoms with Gasteiger partial charge in [0.05, 0.1) is 13.2 Å². The predicted octanol–water partition coefficient (Wildman–Crippen LogP) is -2.50. The number of alkyl carbamates (subject to hydrolysis) is 2. The molecule has 7 N–H and O–H groups in total. The van der Waals surface area contributed by atoms with Gasteiger partial charge in [0.1, 0.15) is 11.7 Å². The number of amides is 11. The molecule has 57 heavy (non-hydrogen) atoms. The van der Waals surface area contributed by atoms with Gasteiger partial charge in [-0.15, -0.1) is 0 Å². The van der Waals surface area contributed by atoms with E-state index in [9.17, 15) is 52.7 Å². The summed E-state index contributed by atoms with van der Waals surface area (Å²) < 4.78 is 9.72. The van der Waals surface area contributed by atoms with Crippen LogP contribution in [0, 0.1) is 0 Å².